The summed E-state index contributed by atoms with van der Waals surface area (Å²) in [6.45, 7) is 0. The number of aromatic nitrogens is 5. The molecule has 0 saturated carbocycles. The van der Waals surface area contributed by atoms with Crippen LogP contribution in [0.3, 0.4) is 0 Å². The molecule has 0 unspecified atom stereocenters. The summed E-state index contributed by atoms with van der Waals surface area (Å²) in [6.07, 6.45) is 5.85. The van der Waals surface area contributed by atoms with Crippen LogP contribution >= 0.6 is 0 Å². The molecule has 6 heterocycles. The van der Waals surface area contributed by atoms with E-state index >= 15 is 0 Å². The molecular weight excluding hydrogens is 405 g/mol. The summed E-state index contributed by atoms with van der Waals surface area (Å²) >= 11 is 0. The summed E-state index contributed by atoms with van der Waals surface area (Å²) in [7, 11) is 0. The molecule has 4 aromatic heterocycles. The van der Waals surface area contributed by atoms with Gasteiger partial charge in [0, 0.05) is 50.6 Å². The van der Waals surface area contributed by atoms with Crippen molar-refractivity contribution in [1.82, 2.24) is 24.9 Å². The SMILES string of the molecule is C1=Cc2cc3ccc(cc4nc(cc5ccc(cc1n2)[nH]5)-c1cccnc1-4)[nH]3.[Co]. The molecule has 5 nitrogen and oxygen atoms in total. The predicted octanol–water partition coefficient (Wildman–Crippen LogP) is 5.21. The van der Waals surface area contributed by atoms with Crippen molar-refractivity contribution in [2.75, 3.05) is 0 Å². The fourth-order valence-corrected chi connectivity index (χ4v) is 3.63. The predicted molar refractivity (Wildman–Crippen MR) is 112 cm³/mol. The van der Waals surface area contributed by atoms with E-state index in [1.54, 1.807) is 0 Å². The molecule has 0 fully saturated rings. The van der Waals surface area contributed by atoms with E-state index in [1.807, 2.05) is 54.7 Å². The first kappa shape index (κ1) is 17.6. The van der Waals surface area contributed by atoms with Gasteiger partial charge in [-0.3, -0.25) is 4.98 Å². The van der Waals surface area contributed by atoms with Crippen LogP contribution in [0.4, 0.5) is 0 Å². The maximum atomic E-state index is 4.85. The van der Waals surface area contributed by atoms with E-state index < -0.39 is 0 Å². The molecule has 0 atom stereocenters. The van der Waals surface area contributed by atoms with Crippen LogP contribution in [-0.2, 0) is 16.8 Å². The van der Waals surface area contributed by atoms with E-state index in [9.17, 15) is 0 Å². The van der Waals surface area contributed by atoms with E-state index in [0.717, 1.165) is 56.1 Å². The second-order valence-electron chi connectivity index (χ2n) is 6.89. The van der Waals surface area contributed by atoms with E-state index in [4.69, 9.17) is 4.98 Å². The molecule has 0 spiro atoms. The van der Waals surface area contributed by atoms with Crippen LogP contribution in [0.5, 0.6) is 0 Å². The van der Waals surface area contributed by atoms with E-state index in [0.29, 0.717) is 0 Å². The molecule has 0 aliphatic carbocycles. The van der Waals surface area contributed by atoms with E-state index in [2.05, 4.69) is 44.2 Å². The van der Waals surface area contributed by atoms with Crippen LogP contribution in [-0.4, -0.2) is 24.9 Å². The van der Waals surface area contributed by atoms with Gasteiger partial charge in [-0.05, 0) is 72.8 Å². The van der Waals surface area contributed by atoms with Crippen LogP contribution in [0.2, 0.25) is 0 Å². The molecule has 29 heavy (non-hydrogen) atoms. The van der Waals surface area contributed by atoms with Crippen molar-refractivity contribution in [3.05, 3.63) is 78.2 Å². The summed E-state index contributed by atoms with van der Waals surface area (Å²) in [5, 5.41) is 0. The second kappa shape index (κ2) is 6.84. The van der Waals surface area contributed by atoms with Crippen molar-refractivity contribution < 1.29 is 16.8 Å². The molecule has 0 aromatic carbocycles. The quantitative estimate of drug-likeness (QED) is 0.354. The molecule has 6 rings (SSSR count). The molecule has 141 valence electrons. The van der Waals surface area contributed by atoms with Gasteiger partial charge in [-0.1, -0.05) is 0 Å². The number of hydrogen-bond donors (Lipinski definition) is 2. The molecule has 8 bridgehead atoms. The van der Waals surface area contributed by atoms with Gasteiger partial charge in [-0.25, -0.2) is 9.97 Å². The van der Waals surface area contributed by atoms with Crippen LogP contribution in [0.1, 0.15) is 11.4 Å². The molecule has 2 aliphatic rings. The zero-order valence-corrected chi connectivity index (χ0v) is 16.2. The second-order valence-corrected chi connectivity index (χ2v) is 6.89. The van der Waals surface area contributed by atoms with Gasteiger partial charge >= 0.3 is 0 Å². The third-order valence-corrected chi connectivity index (χ3v) is 4.90. The first-order valence-corrected chi connectivity index (χ1v) is 9.12. The van der Waals surface area contributed by atoms with Crippen LogP contribution in [0.15, 0.2) is 66.9 Å². The average molecular weight is 420 g/mol. The Morgan fingerprint density at radius 1 is 0.621 bits per heavy atom. The summed E-state index contributed by atoms with van der Waals surface area (Å²) in [5.41, 5.74) is 9.53. The Kier molecular flexibility index (Phi) is 4.15. The monoisotopic (exact) mass is 420 g/mol. The van der Waals surface area contributed by atoms with Gasteiger partial charge in [0.05, 0.1) is 28.5 Å². The number of H-pyrrole nitrogens is 2. The first-order valence-electron chi connectivity index (χ1n) is 9.12. The number of pyridine rings is 1. The van der Waals surface area contributed by atoms with Crippen LogP contribution in [0, 0.1) is 0 Å². The number of hydrogen-bond acceptors (Lipinski definition) is 3. The van der Waals surface area contributed by atoms with Crippen molar-refractivity contribution in [2.24, 2.45) is 0 Å². The molecule has 4 aromatic rings. The number of fused-ring (bicyclic) bond motifs is 11. The Labute approximate surface area is 176 Å². The Bertz CT molecular complexity index is 1320. The summed E-state index contributed by atoms with van der Waals surface area (Å²) < 4.78 is 0. The topological polar surface area (TPSA) is 70.2 Å². The van der Waals surface area contributed by atoms with Crippen molar-refractivity contribution in [3.8, 4) is 22.6 Å². The summed E-state index contributed by atoms with van der Waals surface area (Å²) in [5.74, 6) is 0. The molecule has 1 radical (unpaired) electrons. The number of aromatic amines is 2. The van der Waals surface area contributed by atoms with Gasteiger partial charge in [0.2, 0.25) is 0 Å². The minimum absolute atomic E-state index is 0. The zero-order chi connectivity index (χ0) is 18.5. The third kappa shape index (κ3) is 3.18. The van der Waals surface area contributed by atoms with Gasteiger partial charge < -0.3 is 9.97 Å². The molecule has 0 amide bonds. The van der Waals surface area contributed by atoms with Crippen molar-refractivity contribution in [1.29, 1.82) is 0 Å². The van der Waals surface area contributed by atoms with Gasteiger partial charge in [-0.2, -0.15) is 0 Å². The third-order valence-electron chi connectivity index (χ3n) is 4.90. The van der Waals surface area contributed by atoms with Gasteiger partial charge in [-0.15, -0.1) is 0 Å². The van der Waals surface area contributed by atoms with Crippen LogP contribution < -0.4 is 0 Å². The normalized spacial score (nSPS) is 11.7. The molecule has 0 saturated heterocycles. The van der Waals surface area contributed by atoms with E-state index in [1.165, 1.54) is 0 Å². The van der Waals surface area contributed by atoms with E-state index in [-0.39, 0.29) is 16.8 Å². The van der Waals surface area contributed by atoms with Crippen molar-refractivity contribution >= 4 is 34.2 Å². The molecule has 2 N–H and O–H groups in total. The molecule has 2 aliphatic heterocycles. The minimum atomic E-state index is 0. The average Bonchev–Trinajstić information content (AvgIpc) is 3.47. The first-order chi connectivity index (χ1) is 13.8. The zero-order valence-electron chi connectivity index (χ0n) is 15.2. The number of rotatable bonds is 0. The Hall–Kier alpha value is -3.48. The van der Waals surface area contributed by atoms with Crippen LogP contribution in [0.25, 0.3) is 56.9 Å². The summed E-state index contributed by atoms with van der Waals surface area (Å²) in [6, 6.07) is 20.4. The number of nitrogens with zero attached hydrogens (tertiary/aromatic N) is 3. The smallest absolute Gasteiger partial charge is 0.0981 e. The number of nitrogens with one attached hydrogen (secondary N) is 2. The maximum Gasteiger partial charge on any atom is 0.0981 e. The molecule has 6 heteroatoms. The fourth-order valence-electron chi connectivity index (χ4n) is 3.63. The van der Waals surface area contributed by atoms with Crippen molar-refractivity contribution in [3.63, 3.8) is 0 Å². The largest absolute Gasteiger partial charge is 0.355 e. The maximum absolute atomic E-state index is 4.85. The Morgan fingerprint density at radius 3 is 1.86 bits per heavy atom. The van der Waals surface area contributed by atoms with Crippen molar-refractivity contribution in [2.45, 2.75) is 0 Å². The Balaban J connectivity index is 0.00000181. The standard InChI is InChI=1S/C23H15N5.Co/c1-2-20-21-12-18-7-5-16(26-18)10-14-3-4-15(25-14)11-17-6-8-19(27-17)13-22(28-21)23(20)24-9-1;/h1-13,26-27H;. The minimum Gasteiger partial charge on any atom is -0.355 e. The van der Waals surface area contributed by atoms with Gasteiger partial charge in [0.25, 0.3) is 0 Å². The molecular formula is C23H15CoN5. The Morgan fingerprint density at radius 2 is 1.21 bits per heavy atom. The fraction of sp³-hybridized carbons (Fsp3) is 0. The van der Waals surface area contributed by atoms with Gasteiger partial charge in [0.15, 0.2) is 0 Å². The van der Waals surface area contributed by atoms with Gasteiger partial charge in [0.1, 0.15) is 0 Å². The summed E-state index contributed by atoms with van der Waals surface area (Å²) in [4.78, 5) is 20.9.